The molecule has 5 nitrogen and oxygen atoms in total. The molecule has 6 heteroatoms. The van der Waals surface area contributed by atoms with Gasteiger partial charge in [-0.25, -0.2) is 14.2 Å². The number of carbonyl (C=O) groups excluding carboxylic acids is 1. The van der Waals surface area contributed by atoms with Crippen molar-refractivity contribution in [2.75, 3.05) is 0 Å². The summed E-state index contributed by atoms with van der Waals surface area (Å²) in [4.78, 5) is 19.4. The maximum absolute atomic E-state index is 15.1. The topological polar surface area (TPSA) is 51.7 Å². The molecule has 0 saturated carbocycles. The van der Waals surface area contributed by atoms with Crippen LogP contribution in [0.1, 0.15) is 63.4 Å². The Labute approximate surface area is 214 Å². The Balaban J connectivity index is 0.00000176. The molecule has 0 spiro atoms. The Kier molecular flexibility index (Phi) is 9.45. The van der Waals surface area contributed by atoms with E-state index in [0.717, 1.165) is 11.1 Å². The highest BCUT2D eigenvalue weighted by molar-refractivity contribution is 5.68. The van der Waals surface area contributed by atoms with E-state index in [2.05, 4.69) is 4.98 Å². The second kappa shape index (κ2) is 12.5. The normalized spacial score (nSPS) is 14.7. The number of ether oxygens (including phenoxy) is 2. The molecule has 0 saturated heterocycles. The minimum Gasteiger partial charge on any atom is -0.473 e. The molecule has 1 unspecified atom stereocenters. The van der Waals surface area contributed by atoms with Crippen LogP contribution >= 0.6 is 0 Å². The monoisotopic (exact) mass is 492 g/mol. The molecule has 0 N–H and O–H groups in total. The van der Waals surface area contributed by atoms with Gasteiger partial charge in [0, 0.05) is 24.2 Å². The second-order valence-corrected chi connectivity index (χ2v) is 9.63. The molecule has 0 fully saturated rings. The highest BCUT2D eigenvalue weighted by Gasteiger charge is 2.33. The molecule has 0 bridgehead atoms. The van der Waals surface area contributed by atoms with Crippen molar-refractivity contribution in [2.45, 2.75) is 78.7 Å². The van der Waals surface area contributed by atoms with Crippen LogP contribution in [-0.2, 0) is 30.7 Å². The molecule has 1 amide bonds. The number of rotatable bonds is 6. The van der Waals surface area contributed by atoms with Crippen molar-refractivity contribution in [3.63, 3.8) is 0 Å². The lowest BCUT2D eigenvalue weighted by Gasteiger charge is -2.36. The quantitative estimate of drug-likeness (QED) is 0.368. The van der Waals surface area contributed by atoms with Crippen molar-refractivity contribution < 1.29 is 18.7 Å². The number of halogens is 1. The summed E-state index contributed by atoms with van der Waals surface area (Å²) in [5, 5.41) is 0. The fourth-order valence-corrected chi connectivity index (χ4v) is 4.14. The molecule has 36 heavy (non-hydrogen) atoms. The number of hydrogen-bond acceptors (Lipinski definition) is 4. The number of amides is 1. The van der Waals surface area contributed by atoms with E-state index in [9.17, 15) is 4.79 Å². The van der Waals surface area contributed by atoms with Gasteiger partial charge in [0.05, 0.1) is 5.69 Å². The molecule has 1 heterocycles. The van der Waals surface area contributed by atoms with Crippen molar-refractivity contribution in [2.24, 2.45) is 0 Å². The van der Waals surface area contributed by atoms with Crippen LogP contribution in [0.4, 0.5) is 9.18 Å². The first-order valence-corrected chi connectivity index (χ1v) is 12.7. The lowest BCUT2D eigenvalue weighted by Crippen LogP contribution is -2.45. The maximum atomic E-state index is 15.1. The fraction of sp³-hybridized carbons (Fsp3) is 0.400. The average molecular weight is 493 g/mol. The van der Waals surface area contributed by atoms with Gasteiger partial charge in [-0.05, 0) is 51.2 Å². The standard InChI is InChI=1S/C28H31FN2O3.C2H6/c1-28(2,3)34-27(32)31(18-20-10-6-4-7-11-20)22-14-15-25-23(16-22)24(29)17-26(30-25)33-19-21-12-8-5-9-13-21;1-2/h4-13,17,22H,14-16,18-19H2,1-3H3;1-2H3. The van der Waals surface area contributed by atoms with Crippen LogP contribution in [-0.4, -0.2) is 27.6 Å². The summed E-state index contributed by atoms with van der Waals surface area (Å²) in [6.07, 6.45) is 1.24. The first-order valence-electron chi connectivity index (χ1n) is 12.7. The van der Waals surface area contributed by atoms with Crippen LogP contribution < -0.4 is 4.74 Å². The van der Waals surface area contributed by atoms with Crippen molar-refractivity contribution in [1.82, 2.24) is 9.88 Å². The molecule has 1 aromatic heterocycles. The number of hydrogen-bond donors (Lipinski definition) is 0. The number of fused-ring (bicyclic) bond motifs is 1. The highest BCUT2D eigenvalue weighted by Crippen LogP contribution is 2.30. The Morgan fingerprint density at radius 3 is 2.25 bits per heavy atom. The first-order chi connectivity index (χ1) is 17.3. The largest absolute Gasteiger partial charge is 0.473 e. The number of aromatic nitrogens is 1. The van der Waals surface area contributed by atoms with E-state index >= 15 is 4.39 Å². The third-order valence-electron chi connectivity index (χ3n) is 5.78. The van der Waals surface area contributed by atoms with Gasteiger partial charge in [0.15, 0.2) is 0 Å². The SMILES string of the molecule is CC.CC(C)(C)OC(=O)N(Cc1ccccc1)C1CCc2nc(OCc3ccccc3)cc(F)c2C1. The highest BCUT2D eigenvalue weighted by atomic mass is 19.1. The van der Waals surface area contributed by atoms with Gasteiger partial charge in [-0.2, -0.15) is 0 Å². The molecule has 192 valence electrons. The smallest absolute Gasteiger partial charge is 0.410 e. The number of pyridine rings is 1. The van der Waals surface area contributed by atoms with Crippen LogP contribution in [0.2, 0.25) is 0 Å². The predicted octanol–water partition coefficient (Wildman–Crippen LogP) is 7.12. The van der Waals surface area contributed by atoms with Crippen molar-refractivity contribution in [3.8, 4) is 5.88 Å². The third kappa shape index (κ3) is 7.54. The van der Waals surface area contributed by atoms with E-state index in [1.54, 1.807) is 4.90 Å². The van der Waals surface area contributed by atoms with Crippen molar-refractivity contribution in [1.29, 1.82) is 0 Å². The lowest BCUT2D eigenvalue weighted by molar-refractivity contribution is 0.0122. The van der Waals surface area contributed by atoms with Crippen LogP contribution in [0, 0.1) is 5.82 Å². The van der Waals surface area contributed by atoms with Crippen LogP contribution in [0.3, 0.4) is 0 Å². The molecular weight excluding hydrogens is 455 g/mol. The summed E-state index contributed by atoms with van der Waals surface area (Å²) in [6.45, 7) is 10.3. The van der Waals surface area contributed by atoms with Gasteiger partial charge in [0.2, 0.25) is 5.88 Å². The predicted molar refractivity (Wildman–Crippen MR) is 140 cm³/mol. The van der Waals surface area contributed by atoms with Gasteiger partial charge >= 0.3 is 6.09 Å². The molecule has 0 aliphatic heterocycles. The maximum Gasteiger partial charge on any atom is 0.410 e. The summed E-state index contributed by atoms with van der Waals surface area (Å²) >= 11 is 0. The lowest BCUT2D eigenvalue weighted by atomic mass is 9.90. The Bertz CT molecular complexity index is 1110. The Morgan fingerprint density at radius 1 is 1.03 bits per heavy atom. The summed E-state index contributed by atoms with van der Waals surface area (Å²) in [7, 11) is 0. The molecule has 1 aliphatic carbocycles. The number of nitrogens with zero attached hydrogens (tertiary/aromatic N) is 2. The minimum atomic E-state index is -0.615. The zero-order valence-electron chi connectivity index (χ0n) is 22.0. The summed E-state index contributed by atoms with van der Waals surface area (Å²) < 4.78 is 26.6. The van der Waals surface area contributed by atoms with Crippen LogP contribution in [0.5, 0.6) is 5.88 Å². The molecule has 3 aromatic rings. The van der Waals surface area contributed by atoms with E-state index in [1.165, 1.54) is 6.07 Å². The molecule has 2 aromatic carbocycles. The molecular formula is C30H37FN2O3. The fourth-order valence-electron chi connectivity index (χ4n) is 4.14. The summed E-state index contributed by atoms with van der Waals surface area (Å²) in [6, 6.07) is 20.7. The van der Waals surface area contributed by atoms with E-state index in [0.29, 0.717) is 43.7 Å². The first kappa shape index (κ1) is 27.2. The van der Waals surface area contributed by atoms with Gasteiger partial charge in [0.25, 0.3) is 0 Å². The average Bonchev–Trinajstić information content (AvgIpc) is 2.87. The number of carbonyl (C=O) groups is 1. The molecule has 4 rings (SSSR count). The molecule has 0 radical (unpaired) electrons. The number of benzene rings is 2. The summed E-state index contributed by atoms with van der Waals surface area (Å²) in [5.41, 5.74) is 2.63. The van der Waals surface area contributed by atoms with Crippen molar-refractivity contribution in [3.05, 3.63) is 94.9 Å². The van der Waals surface area contributed by atoms with Crippen LogP contribution in [0.15, 0.2) is 66.7 Å². The summed E-state index contributed by atoms with van der Waals surface area (Å²) in [5.74, 6) is -0.0616. The van der Waals surface area contributed by atoms with E-state index in [-0.39, 0.29) is 23.8 Å². The third-order valence-corrected chi connectivity index (χ3v) is 5.78. The second-order valence-electron chi connectivity index (χ2n) is 9.63. The van der Waals surface area contributed by atoms with Gasteiger partial charge in [-0.15, -0.1) is 0 Å². The Hall–Kier alpha value is -3.41. The molecule has 1 aliphatic rings. The van der Waals surface area contributed by atoms with Crippen molar-refractivity contribution >= 4 is 6.09 Å². The van der Waals surface area contributed by atoms with Crippen LogP contribution in [0.25, 0.3) is 0 Å². The van der Waals surface area contributed by atoms with Gasteiger partial charge < -0.3 is 14.4 Å². The van der Waals surface area contributed by atoms with Gasteiger partial charge in [-0.1, -0.05) is 74.5 Å². The number of aryl methyl sites for hydroxylation is 1. The van der Waals surface area contributed by atoms with E-state index in [1.807, 2.05) is 95.3 Å². The van der Waals surface area contributed by atoms with E-state index in [4.69, 9.17) is 9.47 Å². The molecule has 1 atom stereocenters. The Morgan fingerprint density at radius 2 is 1.64 bits per heavy atom. The minimum absolute atomic E-state index is 0.185. The zero-order valence-corrected chi connectivity index (χ0v) is 22.0. The van der Waals surface area contributed by atoms with Gasteiger partial charge in [-0.3, -0.25) is 0 Å². The zero-order chi connectivity index (χ0) is 26.1. The van der Waals surface area contributed by atoms with E-state index < -0.39 is 5.60 Å². The van der Waals surface area contributed by atoms with Gasteiger partial charge in [0.1, 0.15) is 18.0 Å².